The topological polar surface area (TPSA) is 254 Å². The molecule has 1 aromatic heterocycles. The number of nitrogens with zero attached hydrogens (tertiary/aromatic N) is 3. The zero-order valence-electron chi connectivity index (χ0n) is 20.1. The summed E-state index contributed by atoms with van der Waals surface area (Å²) in [6.07, 6.45) is 2.88. The zero-order valence-corrected chi connectivity index (χ0v) is 21.7. The van der Waals surface area contributed by atoms with E-state index in [0.29, 0.717) is 9.69 Å². The quantitative estimate of drug-likeness (QED) is 0.177. The maximum Gasteiger partial charge on any atom is 0.357 e. The number of rotatable bonds is 8. The van der Waals surface area contributed by atoms with Crippen molar-refractivity contribution in [1.29, 1.82) is 0 Å². The number of carbonyl (C=O) groups excluding carboxylic acids is 1. The molecule has 0 spiro atoms. The number of H-pyrrole nitrogens is 1. The molecule has 2 heterocycles. The Labute approximate surface area is 229 Å². The summed E-state index contributed by atoms with van der Waals surface area (Å²) in [4.78, 5) is 48.3. The molecule has 41 heavy (non-hydrogen) atoms. The molecular formula is C23H16N4O12S2. The fourth-order valence-corrected chi connectivity index (χ4v) is 4.69. The molecule has 0 atom stereocenters. The minimum atomic E-state index is -4.66. The van der Waals surface area contributed by atoms with Gasteiger partial charge in [0.05, 0.1) is 32.3 Å². The number of hydrogen-bond acceptors (Lipinski definition) is 9. The van der Waals surface area contributed by atoms with Crippen molar-refractivity contribution < 1.29 is 50.5 Å². The van der Waals surface area contributed by atoms with Crippen LogP contribution in [0, 0.1) is 0 Å². The number of carboxylic acid groups (broad SMARTS) is 2. The van der Waals surface area contributed by atoms with E-state index in [9.17, 15) is 55.3 Å². The lowest BCUT2D eigenvalue weighted by molar-refractivity contribution is -0.129. The van der Waals surface area contributed by atoms with Gasteiger partial charge in [0.1, 0.15) is 0 Å². The average Bonchev–Trinajstić information content (AvgIpc) is 3.40. The number of aliphatic carboxylic acids is 1. The van der Waals surface area contributed by atoms with Crippen molar-refractivity contribution in [2.24, 2.45) is 5.10 Å². The molecule has 1 amide bonds. The average molecular weight is 605 g/mol. The number of aromatic nitrogens is 2. The molecule has 0 saturated carbocycles. The van der Waals surface area contributed by atoms with E-state index in [2.05, 4.69) is 10.2 Å². The fourth-order valence-electron chi connectivity index (χ4n) is 3.65. The summed E-state index contributed by atoms with van der Waals surface area (Å²) in [6, 6.07) is 8.73. The molecule has 1 aliphatic heterocycles. The highest BCUT2D eigenvalue weighted by atomic mass is 32.2. The number of hydrazone groups is 1. The third kappa shape index (κ3) is 5.75. The molecule has 0 radical (unpaired) electrons. The first-order valence-electron chi connectivity index (χ1n) is 10.9. The van der Waals surface area contributed by atoms with Gasteiger partial charge in [0.2, 0.25) is 0 Å². The summed E-state index contributed by atoms with van der Waals surface area (Å²) in [5.41, 5.74) is -3.69. The van der Waals surface area contributed by atoms with Crippen LogP contribution in [0.1, 0.15) is 16.1 Å². The molecule has 1 aliphatic rings. The van der Waals surface area contributed by atoms with Crippen molar-refractivity contribution in [3.63, 3.8) is 0 Å². The van der Waals surface area contributed by atoms with Crippen molar-refractivity contribution in [2.75, 3.05) is 5.01 Å². The van der Waals surface area contributed by atoms with Crippen LogP contribution in [0.3, 0.4) is 0 Å². The van der Waals surface area contributed by atoms with Crippen LogP contribution < -0.4 is 10.6 Å². The van der Waals surface area contributed by atoms with Gasteiger partial charge in [-0.15, -0.1) is 0 Å². The highest BCUT2D eigenvalue weighted by Crippen LogP contribution is 2.26. The molecule has 0 saturated heterocycles. The largest absolute Gasteiger partial charge is 0.477 e. The van der Waals surface area contributed by atoms with E-state index in [1.165, 1.54) is 24.3 Å². The maximum atomic E-state index is 13.0. The number of anilines is 1. The highest BCUT2D eigenvalue weighted by molar-refractivity contribution is 7.86. The van der Waals surface area contributed by atoms with Crippen LogP contribution in [-0.4, -0.2) is 69.5 Å². The second kappa shape index (κ2) is 10.4. The highest BCUT2D eigenvalue weighted by Gasteiger charge is 2.35. The van der Waals surface area contributed by atoms with Gasteiger partial charge in [0.25, 0.3) is 31.7 Å². The zero-order chi connectivity index (χ0) is 30.3. The van der Waals surface area contributed by atoms with Crippen LogP contribution in [0.15, 0.2) is 85.9 Å². The Bertz CT molecular complexity index is 2000. The van der Waals surface area contributed by atoms with Gasteiger partial charge in [-0.2, -0.15) is 26.9 Å². The fraction of sp³-hybridized carbons (Fsp3) is 0. The number of amides is 1. The van der Waals surface area contributed by atoms with Gasteiger partial charge in [-0.25, -0.2) is 14.3 Å². The van der Waals surface area contributed by atoms with Crippen LogP contribution in [0.2, 0.25) is 0 Å². The van der Waals surface area contributed by atoms with Gasteiger partial charge in [-0.1, -0.05) is 18.2 Å². The minimum Gasteiger partial charge on any atom is -0.477 e. The van der Waals surface area contributed by atoms with E-state index in [-0.39, 0.29) is 11.4 Å². The third-order valence-electron chi connectivity index (χ3n) is 5.48. The second-order valence-corrected chi connectivity index (χ2v) is 10.9. The Balaban J connectivity index is 1.74. The van der Waals surface area contributed by atoms with Crippen molar-refractivity contribution in [1.82, 2.24) is 9.78 Å². The summed E-state index contributed by atoms with van der Waals surface area (Å²) >= 11 is 0. The van der Waals surface area contributed by atoms with Crippen LogP contribution in [0.4, 0.5) is 5.69 Å². The molecular weight excluding hydrogens is 588 g/mol. The summed E-state index contributed by atoms with van der Waals surface area (Å²) in [6.45, 7) is 0. The first-order chi connectivity index (χ1) is 19.1. The Morgan fingerprint density at radius 1 is 0.854 bits per heavy atom. The summed E-state index contributed by atoms with van der Waals surface area (Å²) in [7, 11) is -9.30. The molecule has 3 aromatic rings. The Kier molecular flexibility index (Phi) is 7.33. The van der Waals surface area contributed by atoms with E-state index in [1.54, 1.807) is 0 Å². The van der Waals surface area contributed by atoms with Crippen molar-refractivity contribution >= 4 is 55.6 Å². The molecule has 16 nitrogen and oxygen atoms in total. The summed E-state index contributed by atoms with van der Waals surface area (Å²) in [5, 5.41) is 25.6. The van der Waals surface area contributed by atoms with Crippen molar-refractivity contribution in [3.05, 3.63) is 87.9 Å². The van der Waals surface area contributed by atoms with Gasteiger partial charge < -0.3 is 10.2 Å². The number of aromatic amines is 1. The number of carboxylic acids is 2. The lowest BCUT2D eigenvalue weighted by Gasteiger charge is -2.12. The van der Waals surface area contributed by atoms with E-state index in [1.807, 2.05) is 0 Å². The number of carbonyl (C=O) groups is 3. The van der Waals surface area contributed by atoms with E-state index < -0.39 is 76.0 Å². The molecule has 2 aromatic carbocycles. The van der Waals surface area contributed by atoms with E-state index >= 15 is 0 Å². The molecule has 212 valence electrons. The molecule has 0 aliphatic carbocycles. The standard InChI is InChI=1S/C23H16N4O12S2/c28-20-16(18(22(30)31)24-26(20)12-4-1-6-14(10-12)40(34,35)36)8-3-9-17-19(23(32)33)25-27(21(17)29)13-5-2-7-15(11-13)41(37,38)39/h1-11,24H,(H,30,31)(H,32,33)(H,34,35,36)(H,37,38,39). The molecule has 0 unspecified atom stereocenters. The predicted octanol–water partition coefficient (Wildman–Crippen LogP) is 0.784. The number of aromatic carboxylic acids is 1. The van der Waals surface area contributed by atoms with E-state index in [4.69, 9.17) is 0 Å². The van der Waals surface area contributed by atoms with Crippen LogP contribution in [-0.2, 0) is 29.8 Å². The second-order valence-electron chi connectivity index (χ2n) is 8.10. The molecule has 18 heteroatoms. The van der Waals surface area contributed by atoms with Crippen LogP contribution in [0.25, 0.3) is 11.8 Å². The number of hydrogen-bond donors (Lipinski definition) is 5. The van der Waals surface area contributed by atoms with Crippen molar-refractivity contribution in [2.45, 2.75) is 9.79 Å². The maximum absolute atomic E-state index is 13.0. The summed E-state index contributed by atoms with van der Waals surface area (Å²) < 4.78 is 65.0. The Hall–Kier alpha value is -5.17. The van der Waals surface area contributed by atoms with Gasteiger partial charge in [-0.05, 0) is 48.6 Å². The Morgan fingerprint density at radius 3 is 1.95 bits per heavy atom. The first kappa shape index (κ1) is 28.8. The SMILES string of the molecule is O=C(O)C1=NN(c2cccc(S(=O)(=O)O)c2)C(=O)C1=CC=Cc1c(C(=O)O)[nH]n(-c2cccc(S(=O)(=O)O)c2)c1=O. The van der Waals surface area contributed by atoms with Crippen LogP contribution >= 0.6 is 0 Å². The minimum absolute atomic E-state index is 0.139. The molecule has 4 rings (SSSR count). The molecule has 5 N–H and O–H groups in total. The number of benzene rings is 2. The lowest BCUT2D eigenvalue weighted by Crippen LogP contribution is -2.22. The van der Waals surface area contributed by atoms with Crippen molar-refractivity contribution in [3.8, 4) is 5.69 Å². The van der Waals surface area contributed by atoms with E-state index in [0.717, 1.165) is 42.5 Å². The monoisotopic (exact) mass is 604 g/mol. The smallest absolute Gasteiger partial charge is 0.357 e. The summed E-state index contributed by atoms with van der Waals surface area (Å²) in [5.74, 6) is -4.25. The number of nitrogens with one attached hydrogen (secondary N) is 1. The van der Waals surface area contributed by atoms with Gasteiger partial charge in [0.15, 0.2) is 11.4 Å². The van der Waals surface area contributed by atoms with Gasteiger partial charge in [-0.3, -0.25) is 23.8 Å². The van der Waals surface area contributed by atoms with Gasteiger partial charge in [0, 0.05) is 0 Å². The lowest BCUT2D eigenvalue weighted by atomic mass is 10.1. The van der Waals surface area contributed by atoms with Crippen LogP contribution in [0.5, 0.6) is 0 Å². The molecule has 0 fully saturated rings. The molecule has 0 bridgehead atoms. The van der Waals surface area contributed by atoms with Gasteiger partial charge >= 0.3 is 11.9 Å². The first-order valence-corrected chi connectivity index (χ1v) is 13.8. The normalized spacial score (nSPS) is 15.1. The Morgan fingerprint density at radius 2 is 1.41 bits per heavy atom. The number of allylic oxidation sites excluding steroid dienone is 2. The third-order valence-corrected chi connectivity index (χ3v) is 7.18. The predicted molar refractivity (Wildman–Crippen MR) is 139 cm³/mol.